The van der Waals surface area contributed by atoms with Crippen molar-refractivity contribution in [3.8, 4) is 5.75 Å². The van der Waals surface area contributed by atoms with Crippen LogP contribution in [0.5, 0.6) is 5.75 Å². The third-order valence-corrected chi connectivity index (χ3v) is 4.15. The van der Waals surface area contributed by atoms with Gasteiger partial charge in [0.05, 0.1) is 6.61 Å². The topological polar surface area (TPSA) is 51.0 Å². The summed E-state index contributed by atoms with van der Waals surface area (Å²) in [5, 5.41) is 0. The van der Waals surface area contributed by atoms with Gasteiger partial charge in [0.15, 0.2) is 0 Å². The summed E-state index contributed by atoms with van der Waals surface area (Å²) in [6.07, 6.45) is 1.10. The van der Waals surface area contributed by atoms with Crippen LogP contribution in [0, 0.1) is 0 Å². The maximum absolute atomic E-state index is 5.74. The van der Waals surface area contributed by atoms with Crippen LogP contribution in [-0.2, 0) is 11.3 Å². The zero-order valence-corrected chi connectivity index (χ0v) is 14.4. The predicted octanol–water partition coefficient (Wildman–Crippen LogP) is 1.57. The van der Waals surface area contributed by atoms with Crippen molar-refractivity contribution in [2.45, 2.75) is 19.9 Å². The van der Waals surface area contributed by atoms with Gasteiger partial charge >= 0.3 is 0 Å². The van der Waals surface area contributed by atoms with E-state index < -0.39 is 0 Å². The molecule has 0 radical (unpaired) electrons. The SMILES string of the molecule is CCOCCOc1cccc(CN2CCN(CCCN)CC2)c1. The second kappa shape index (κ2) is 10.6. The molecule has 1 aliphatic rings. The largest absolute Gasteiger partial charge is 0.491 e. The highest BCUT2D eigenvalue weighted by molar-refractivity contribution is 5.28. The molecule has 0 aromatic heterocycles. The van der Waals surface area contributed by atoms with Gasteiger partial charge in [-0.15, -0.1) is 0 Å². The lowest BCUT2D eigenvalue weighted by molar-refractivity contribution is 0.110. The second-order valence-corrected chi connectivity index (χ2v) is 5.95. The summed E-state index contributed by atoms with van der Waals surface area (Å²) in [7, 11) is 0. The molecule has 1 aromatic carbocycles. The van der Waals surface area contributed by atoms with Gasteiger partial charge in [0.25, 0.3) is 0 Å². The number of hydrogen-bond donors (Lipinski definition) is 1. The maximum Gasteiger partial charge on any atom is 0.119 e. The molecule has 0 saturated carbocycles. The van der Waals surface area contributed by atoms with E-state index in [-0.39, 0.29) is 0 Å². The average Bonchev–Trinajstić information content (AvgIpc) is 2.59. The van der Waals surface area contributed by atoms with Crippen molar-refractivity contribution in [3.05, 3.63) is 29.8 Å². The summed E-state index contributed by atoms with van der Waals surface area (Å²) >= 11 is 0. The predicted molar refractivity (Wildman–Crippen MR) is 93.8 cm³/mol. The Bertz CT molecular complexity index is 434. The zero-order chi connectivity index (χ0) is 16.3. The van der Waals surface area contributed by atoms with E-state index in [4.69, 9.17) is 15.2 Å². The van der Waals surface area contributed by atoms with Crippen molar-refractivity contribution in [3.63, 3.8) is 0 Å². The van der Waals surface area contributed by atoms with Crippen LogP contribution in [0.1, 0.15) is 18.9 Å². The number of rotatable bonds is 10. The third kappa shape index (κ3) is 6.87. The van der Waals surface area contributed by atoms with Crippen LogP contribution >= 0.6 is 0 Å². The van der Waals surface area contributed by atoms with Crippen LogP contribution in [0.25, 0.3) is 0 Å². The molecule has 0 spiro atoms. The van der Waals surface area contributed by atoms with E-state index in [0.717, 1.165) is 64.6 Å². The quantitative estimate of drug-likeness (QED) is 0.663. The van der Waals surface area contributed by atoms with Gasteiger partial charge in [-0.05, 0) is 44.1 Å². The first-order valence-electron chi connectivity index (χ1n) is 8.76. The van der Waals surface area contributed by atoms with Gasteiger partial charge in [-0.3, -0.25) is 4.90 Å². The highest BCUT2D eigenvalue weighted by atomic mass is 16.5. The molecule has 0 atom stereocenters. The monoisotopic (exact) mass is 321 g/mol. The number of piperazine rings is 1. The highest BCUT2D eigenvalue weighted by Gasteiger charge is 2.16. The highest BCUT2D eigenvalue weighted by Crippen LogP contribution is 2.16. The first kappa shape index (κ1) is 18.2. The smallest absolute Gasteiger partial charge is 0.119 e. The third-order valence-electron chi connectivity index (χ3n) is 4.15. The summed E-state index contributed by atoms with van der Waals surface area (Å²) in [5.74, 6) is 0.934. The van der Waals surface area contributed by atoms with Gasteiger partial charge in [-0.1, -0.05) is 12.1 Å². The van der Waals surface area contributed by atoms with Crippen LogP contribution in [0.3, 0.4) is 0 Å². The van der Waals surface area contributed by atoms with E-state index in [1.807, 2.05) is 13.0 Å². The number of hydrogen-bond acceptors (Lipinski definition) is 5. The summed E-state index contributed by atoms with van der Waals surface area (Å²) in [6.45, 7) is 11.4. The number of benzene rings is 1. The fourth-order valence-corrected chi connectivity index (χ4v) is 2.84. The van der Waals surface area contributed by atoms with Crippen molar-refractivity contribution in [2.75, 3.05) is 59.1 Å². The van der Waals surface area contributed by atoms with E-state index in [1.165, 1.54) is 5.56 Å². The summed E-state index contributed by atoms with van der Waals surface area (Å²) in [5.41, 5.74) is 6.90. The Labute approximate surface area is 140 Å². The molecule has 23 heavy (non-hydrogen) atoms. The van der Waals surface area contributed by atoms with Crippen LogP contribution in [0.4, 0.5) is 0 Å². The Kier molecular flexibility index (Phi) is 8.39. The summed E-state index contributed by atoms with van der Waals surface area (Å²) in [4.78, 5) is 5.02. The van der Waals surface area contributed by atoms with Gasteiger partial charge in [0.1, 0.15) is 12.4 Å². The van der Waals surface area contributed by atoms with E-state index in [1.54, 1.807) is 0 Å². The Morgan fingerprint density at radius 3 is 2.61 bits per heavy atom. The summed E-state index contributed by atoms with van der Waals surface area (Å²) < 4.78 is 11.0. The van der Waals surface area contributed by atoms with Gasteiger partial charge in [0, 0.05) is 39.3 Å². The Balaban J connectivity index is 1.73. The van der Waals surface area contributed by atoms with Gasteiger partial charge in [0.2, 0.25) is 0 Å². The standard InChI is InChI=1S/C18H31N3O2/c1-2-22-13-14-23-18-6-3-5-17(15-18)16-21-11-9-20(10-12-21)8-4-7-19/h3,5-6,15H,2,4,7-14,16,19H2,1H3. The van der Waals surface area contributed by atoms with Crippen molar-refractivity contribution in [1.82, 2.24) is 9.80 Å². The van der Waals surface area contributed by atoms with E-state index >= 15 is 0 Å². The fourth-order valence-electron chi connectivity index (χ4n) is 2.84. The van der Waals surface area contributed by atoms with E-state index in [0.29, 0.717) is 13.2 Å². The van der Waals surface area contributed by atoms with Crippen LogP contribution in [0.15, 0.2) is 24.3 Å². The summed E-state index contributed by atoms with van der Waals surface area (Å²) in [6, 6.07) is 8.41. The lowest BCUT2D eigenvalue weighted by atomic mass is 10.2. The molecule has 0 unspecified atom stereocenters. The minimum atomic E-state index is 0.608. The zero-order valence-electron chi connectivity index (χ0n) is 14.4. The van der Waals surface area contributed by atoms with E-state index in [2.05, 4.69) is 28.0 Å². The van der Waals surface area contributed by atoms with Crippen molar-refractivity contribution in [1.29, 1.82) is 0 Å². The van der Waals surface area contributed by atoms with Crippen molar-refractivity contribution < 1.29 is 9.47 Å². The van der Waals surface area contributed by atoms with Gasteiger partial charge in [-0.25, -0.2) is 0 Å². The number of nitrogens with two attached hydrogens (primary N) is 1. The average molecular weight is 321 g/mol. The molecule has 1 fully saturated rings. The lowest BCUT2D eigenvalue weighted by Crippen LogP contribution is -2.46. The molecule has 130 valence electrons. The molecule has 0 amide bonds. The van der Waals surface area contributed by atoms with Crippen molar-refractivity contribution in [2.24, 2.45) is 5.73 Å². The van der Waals surface area contributed by atoms with Gasteiger partial charge < -0.3 is 20.1 Å². The minimum Gasteiger partial charge on any atom is -0.491 e. The first-order valence-corrected chi connectivity index (χ1v) is 8.76. The molecular formula is C18H31N3O2. The number of ether oxygens (including phenoxy) is 2. The Morgan fingerprint density at radius 2 is 1.87 bits per heavy atom. The molecule has 0 bridgehead atoms. The molecule has 5 nitrogen and oxygen atoms in total. The molecule has 2 N–H and O–H groups in total. The minimum absolute atomic E-state index is 0.608. The molecular weight excluding hydrogens is 290 g/mol. The van der Waals surface area contributed by atoms with Crippen LogP contribution in [-0.4, -0.2) is 68.9 Å². The van der Waals surface area contributed by atoms with Crippen LogP contribution in [0.2, 0.25) is 0 Å². The van der Waals surface area contributed by atoms with E-state index in [9.17, 15) is 0 Å². The molecule has 5 heteroatoms. The molecule has 1 aliphatic heterocycles. The molecule has 2 rings (SSSR count). The maximum atomic E-state index is 5.74. The normalized spacial score (nSPS) is 16.6. The Hall–Kier alpha value is -1.14. The van der Waals surface area contributed by atoms with Crippen LogP contribution < -0.4 is 10.5 Å². The molecule has 0 aliphatic carbocycles. The fraction of sp³-hybridized carbons (Fsp3) is 0.667. The van der Waals surface area contributed by atoms with Gasteiger partial charge in [-0.2, -0.15) is 0 Å². The first-order chi connectivity index (χ1) is 11.3. The van der Waals surface area contributed by atoms with Crippen molar-refractivity contribution >= 4 is 0 Å². The molecule has 1 aromatic rings. The lowest BCUT2D eigenvalue weighted by Gasteiger charge is -2.34. The number of nitrogens with zero attached hydrogens (tertiary/aromatic N) is 2. The molecule has 1 saturated heterocycles. The Morgan fingerprint density at radius 1 is 1.09 bits per heavy atom. The second-order valence-electron chi connectivity index (χ2n) is 5.95. The molecule has 1 heterocycles.